The van der Waals surface area contributed by atoms with Gasteiger partial charge in [-0.1, -0.05) is 5.92 Å². The highest BCUT2D eigenvalue weighted by Gasteiger charge is 2.13. The maximum Gasteiger partial charge on any atom is 0.203 e. The third-order valence-corrected chi connectivity index (χ3v) is 2.59. The van der Waals surface area contributed by atoms with Crippen molar-refractivity contribution in [2.75, 3.05) is 21.3 Å². The van der Waals surface area contributed by atoms with Crippen LogP contribution in [0.25, 0.3) is 0 Å². The summed E-state index contributed by atoms with van der Waals surface area (Å²) in [5.74, 6) is 4.49. The Kier molecular flexibility index (Phi) is 5.34. The zero-order chi connectivity index (χ0) is 13.5. The van der Waals surface area contributed by atoms with Gasteiger partial charge in [-0.25, -0.2) is 0 Å². The van der Waals surface area contributed by atoms with Gasteiger partial charge in [0.1, 0.15) is 0 Å². The van der Waals surface area contributed by atoms with E-state index in [-0.39, 0.29) is 6.04 Å². The smallest absolute Gasteiger partial charge is 0.203 e. The molecule has 0 aromatic heterocycles. The quantitative estimate of drug-likeness (QED) is 0.781. The molecule has 0 aliphatic carbocycles. The second-order valence-corrected chi connectivity index (χ2v) is 3.80. The first kappa shape index (κ1) is 14.2. The molecule has 1 aromatic carbocycles. The minimum Gasteiger partial charge on any atom is -0.493 e. The molecule has 1 aromatic rings. The molecular formula is C14H19NO3. The monoisotopic (exact) mass is 249 g/mol. The predicted molar refractivity (Wildman–Crippen MR) is 71.2 cm³/mol. The first-order valence-electron chi connectivity index (χ1n) is 5.64. The summed E-state index contributed by atoms with van der Waals surface area (Å²) >= 11 is 0. The Morgan fingerprint density at radius 1 is 1.17 bits per heavy atom. The summed E-state index contributed by atoms with van der Waals surface area (Å²) in [6.07, 6.45) is 5.31. The van der Waals surface area contributed by atoms with Crippen molar-refractivity contribution in [3.8, 4) is 29.6 Å². The molecule has 1 N–H and O–H groups in total. The van der Waals surface area contributed by atoms with Crippen LogP contribution in [-0.4, -0.2) is 27.4 Å². The Hall–Kier alpha value is -1.86. The van der Waals surface area contributed by atoms with E-state index in [1.54, 1.807) is 21.3 Å². The van der Waals surface area contributed by atoms with Crippen molar-refractivity contribution in [3.05, 3.63) is 17.7 Å². The molecule has 0 bridgehead atoms. The van der Waals surface area contributed by atoms with Gasteiger partial charge in [-0.05, 0) is 24.6 Å². The van der Waals surface area contributed by atoms with E-state index in [9.17, 15) is 0 Å². The lowest BCUT2D eigenvalue weighted by Crippen LogP contribution is -2.23. The number of rotatable bonds is 6. The summed E-state index contributed by atoms with van der Waals surface area (Å²) in [5, 5.41) is 3.20. The minimum absolute atomic E-state index is 0.0177. The van der Waals surface area contributed by atoms with E-state index in [2.05, 4.69) is 11.2 Å². The lowest BCUT2D eigenvalue weighted by molar-refractivity contribution is 0.323. The first-order valence-corrected chi connectivity index (χ1v) is 5.64. The number of hydrogen-bond donors (Lipinski definition) is 1. The van der Waals surface area contributed by atoms with Crippen molar-refractivity contribution in [1.82, 2.24) is 5.32 Å². The molecule has 0 spiro atoms. The van der Waals surface area contributed by atoms with Crippen molar-refractivity contribution >= 4 is 0 Å². The molecule has 18 heavy (non-hydrogen) atoms. The van der Waals surface area contributed by atoms with Crippen molar-refractivity contribution < 1.29 is 14.2 Å². The number of benzene rings is 1. The van der Waals surface area contributed by atoms with Crippen molar-refractivity contribution in [3.63, 3.8) is 0 Å². The summed E-state index contributed by atoms with van der Waals surface area (Å²) in [7, 11) is 4.77. The standard InChI is InChI=1S/C14H19NO3/c1-6-10(2)15-9-11-7-12(16-3)14(18-5)13(8-11)17-4/h1,7-8,10,15H,9H2,2-5H3. The van der Waals surface area contributed by atoms with E-state index in [4.69, 9.17) is 20.6 Å². The number of nitrogens with one attached hydrogen (secondary N) is 1. The molecule has 0 fully saturated rings. The minimum atomic E-state index is 0.0177. The molecule has 1 rings (SSSR count). The zero-order valence-electron chi connectivity index (χ0n) is 11.2. The van der Waals surface area contributed by atoms with Crippen LogP contribution in [0.15, 0.2) is 12.1 Å². The molecular weight excluding hydrogens is 230 g/mol. The second kappa shape index (κ2) is 6.77. The fourth-order valence-electron chi connectivity index (χ4n) is 1.57. The van der Waals surface area contributed by atoms with E-state index in [1.807, 2.05) is 19.1 Å². The molecule has 98 valence electrons. The van der Waals surface area contributed by atoms with Gasteiger partial charge in [-0.3, -0.25) is 5.32 Å². The topological polar surface area (TPSA) is 39.7 Å². The Balaban J connectivity index is 2.97. The Labute approximate surface area is 108 Å². The van der Waals surface area contributed by atoms with Gasteiger partial charge in [0, 0.05) is 6.54 Å². The molecule has 0 aliphatic heterocycles. The van der Waals surface area contributed by atoms with Gasteiger partial charge in [0.25, 0.3) is 0 Å². The number of ether oxygens (including phenoxy) is 3. The molecule has 1 atom stereocenters. The van der Waals surface area contributed by atoms with Crippen LogP contribution in [-0.2, 0) is 6.54 Å². The van der Waals surface area contributed by atoms with Gasteiger partial charge in [0.15, 0.2) is 11.5 Å². The van der Waals surface area contributed by atoms with Crippen LogP contribution >= 0.6 is 0 Å². The van der Waals surface area contributed by atoms with Crippen molar-refractivity contribution in [1.29, 1.82) is 0 Å². The fraction of sp³-hybridized carbons (Fsp3) is 0.429. The normalized spacial score (nSPS) is 11.5. The van der Waals surface area contributed by atoms with Gasteiger partial charge in [-0.2, -0.15) is 0 Å². The van der Waals surface area contributed by atoms with Gasteiger partial charge in [-0.15, -0.1) is 6.42 Å². The van der Waals surface area contributed by atoms with E-state index < -0.39 is 0 Å². The maximum atomic E-state index is 5.31. The van der Waals surface area contributed by atoms with Crippen molar-refractivity contribution in [2.24, 2.45) is 0 Å². The highest BCUT2D eigenvalue weighted by Crippen LogP contribution is 2.38. The lowest BCUT2D eigenvalue weighted by atomic mass is 10.1. The van der Waals surface area contributed by atoms with Gasteiger partial charge < -0.3 is 14.2 Å². The highest BCUT2D eigenvalue weighted by atomic mass is 16.5. The van der Waals surface area contributed by atoms with E-state index >= 15 is 0 Å². The van der Waals surface area contributed by atoms with Crippen molar-refractivity contribution in [2.45, 2.75) is 19.5 Å². The average Bonchev–Trinajstić information content (AvgIpc) is 2.43. The zero-order valence-corrected chi connectivity index (χ0v) is 11.2. The van der Waals surface area contributed by atoms with Crippen LogP contribution < -0.4 is 19.5 Å². The average molecular weight is 249 g/mol. The molecule has 4 heteroatoms. The lowest BCUT2D eigenvalue weighted by Gasteiger charge is -2.15. The summed E-state index contributed by atoms with van der Waals surface area (Å²) in [6, 6.07) is 3.82. The van der Waals surface area contributed by atoms with Crippen LogP contribution in [0.1, 0.15) is 12.5 Å². The third-order valence-electron chi connectivity index (χ3n) is 2.59. The van der Waals surface area contributed by atoms with E-state index in [0.29, 0.717) is 23.8 Å². The molecule has 0 aliphatic rings. The SMILES string of the molecule is C#CC(C)NCc1cc(OC)c(OC)c(OC)c1. The van der Waals surface area contributed by atoms with Gasteiger partial charge in [0.05, 0.1) is 27.4 Å². The number of terminal acetylenes is 1. The summed E-state index contributed by atoms with van der Waals surface area (Å²) < 4.78 is 15.8. The maximum absolute atomic E-state index is 5.31. The predicted octanol–water partition coefficient (Wildman–Crippen LogP) is 1.82. The second-order valence-electron chi connectivity index (χ2n) is 3.80. The fourth-order valence-corrected chi connectivity index (χ4v) is 1.57. The van der Waals surface area contributed by atoms with Gasteiger partial charge in [0.2, 0.25) is 5.75 Å². The number of hydrogen-bond acceptors (Lipinski definition) is 4. The Morgan fingerprint density at radius 2 is 1.72 bits per heavy atom. The summed E-state index contributed by atoms with van der Waals surface area (Å²) in [6.45, 7) is 2.57. The molecule has 0 amide bonds. The Bertz CT molecular complexity index is 412. The van der Waals surface area contributed by atoms with Crippen LogP contribution in [0.5, 0.6) is 17.2 Å². The third kappa shape index (κ3) is 3.31. The molecule has 4 nitrogen and oxygen atoms in total. The first-order chi connectivity index (χ1) is 8.65. The van der Waals surface area contributed by atoms with Crippen LogP contribution in [0, 0.1) is 12.3 Å². The largest absolute Gasteiger partial charge is 0.493 e. The van der Waals surface area contributed by atoms with Crippen LogP contribution in [0.2, 0.25) is 0 Å². The van der Waals surface area contributed by atoms with Crippen LogP contribution in [0.4, 0.5) is 0 Å². The van der Waals surface area contributed by atoms with E-state index in [1.165, 1.54) is 0 Å². The summed E-state index contributed by atoms with van der Waals surface area (Å²) in [4.78, 5) is 0. The highest BCUT2D eigenvalue weighted by molar-refractivity contribution is 5.53. The molecule has 0 radical (unpaired) electrons. The van der Waals surface area contributed by atoms with E-state index in [0.717, 1.165) is 5.56 Å². The molecule has 1 unspecified atom stereocenters. The summed E-state index contributed by atoms with van der Waals surface area (Å²) in [5.41, 5.74) is 1.02. The molecule has 0 saturated carbocycles. The molecule has 0 saturated heterocycles. The Morgan fingerprint density at radius 3 is 2.11 bits per heavy atom. The molecule has 0 heterocycles. The van der Waals surface area contributed by atoms with Gasteiger partial charge >= 0.3 is 0 Å². The number of methoxy groups -OCH3 is 3. The van der Waals surface area contributed by atoms with Crippen LogP contribution in [0.3, 0.4) is 0 Å².